The number of carbonyl (C=O) groups is 1. The Bertz CT molecular complexity index is 640. The fourth-order valence-electron chi connectivity index (χ4n) is 1.96. The molecule has 5 heteroatoms. The van der Waals surface area contributed by atoms with Gasteiger partial charge in [-0.25, -0.2) is 0 Å². The first-order chi connectivity index (χ1) is 9.74. The number of ether oxygens (including phenoxy) is 2. The van der Waals surface area contributed by atoms with Crippen molar-refractivity contribution in [1.82, 2.24) is 4.98 Å². The number of fused-ring (bicyclic) bond motifs is 1. The molecule has 0 unspecified atom stereocenters. The molecule has 0 radical (unpaired) electrons. The molecule has 3 rings (SSSR count). The minimum Gasteiger partial charge on any atom is -0.490 e. The lowest BCUT2D eigenvalue weighted by Crippen LogP contribution is -2.04. The number of pyridine rings is 1. The summed E-state index contributed by atoms with van der Waals surface area (Å²) in [7, 11) is 0. The smallest absolute Gasteiger partial charge is 0.211 e. The lowest BCUT2D eigenvalue weighted by Gasteiger charge is -2.08. The van der Waals surface area contributed by atoms with E-state index in [1.807, 2.05) is 0 Å². The second-order valence-electron chi connectivity index (χ2n) is 4.40. The summed E-state index contributed by atoms with van der Waals surface area (Å²) in [6, 6.07) is 8.71. The molecule has 0 atom stereocenters. The SMILES string of the molecule is O=C(c1ccc2c(c1)OCCCO2)c1ccc(Br)cn1. The van der Waals surface area contributed by atoms with Gasteiger partial charge in [0.25, 0.3) is 0 Å². The quantitative estimate of drug-likeness (QED) is 0.791. The number of benzene rings is 1. The van der Waals surface area contributed by atoms with Gasteiger partial charge in [0.1, 0.15) is 5.69 Å². The summed E-state index contributed by atoms with van der Waals surface area (Å²) in [5.41, 5.74) is 0.951. The van der Waals surface area contributed by atoms with Crippen molar-refractivity contribution in [3.8, 4) is 11.5 Å². The molecule has 0 saturated carbocycles. The van der Waals surface area contributed by atoms with Crippen LogP contribution in [0.3, 0.4) is 0 Å². The topological polar surface area (TPSA) is 48.4 Å². The van der Waals surface area contributed by atoms with Crippen molar-refractivity contribution in [3.05, 3.63) is 52.3 Å². The van der Waals surface area contributed by atoms with Crippen LogP contribution in [0, 0.1) is 0 Å². The van der Waals surface area contributed by atoms with E-state index in [2.05, 4.69) is 20.9 Å². The van der Waals surface area contributed by atoms with E-state index in [4.69, 9.17) is 9.47 Å². The van der Waals surface area contributed by atoms with Crippen LogP contribution in [0.25, 0.3) is 0 Å². The normalized spacial score (nSPS) is 13.7. The van der Waals surface area contributed by atoms with Crippen molar-refractivity contribution in [1.29, 1.82) is 0 Å². The van der Waals surface area contributed by atoms with Crippen LogP contribution in [0.4, 0.5) is 0 Å². The van der Waals surface area contributed by atoms with Crippen molar-refractivity contribution < 1.29 is 14.3 Å². The highest BCUT2D eigenvalue weighted by molar-refractivity contribution is 9.10. The third-order valence-corrected chi connectivity index (χ3v) is 3.44. The molecule has 0 aliphatic carbocycles. The van der Waals surface area contributed by atoms with Gasteiger partial charge in [0.15, 0.2) is 11.5 Å². The van der Waals surface area contributed by atoms with Gasteiger partial charge >= 0.3 is 0 Å². The third-order valence-electron chi connectivity index (χ3n) is 2.97. The highest BCUT2D eigenvalue weighted by Gasteiger charge is 2.16. The van der Waals surface area contributed by atoms with Crippen molar-refractivity contribution >= 4 is 21.7 Å². The average molecular weight is 334 g/mol. The summed E-state index contributed by atoms with van der Waals surface area (Å²) in [6.07, 6.45) is 2.45. The average Bonchev–Trinajstić information content (AvgIpc) is 2.71. The first kappa shape index (κ1) is 13.1. The Morgan fingerprint density at radius 1 is 1.10 bits per heavy atom. The van der Waals surface area contributed by atoms with E-state index < -0.39 is 0 Å². The van der Waals surface area contributed by atoms with Gasteiger partial charge in [0.2, 0.25) is 5.78 Å². The van der Waals surface area contributed by atoms with Crippen LogP contribution in [0.1, 0.15) is 22.5 Å². The highest BCUT2D eigenvalue weighted by atomic mass is 79.9. The molecule has 0 amide bonds. The lowest BCUT2D eigenvalue weighted by molar-refractivity contribution is 0.103. The molecule has 102 valence electrons. The van der Waals surface area contributed by atoms with Gasteiger partial charge in [-0.2, -0.15) is 0 Å². The largest absolute Gasteiger partial charge is 0.490 e. The number of carbonyl (C=O) groups excluding carboxylic acids is 1. The number of hydrogen-bond donors (Lipinski definition) is 0. The molecule has 1 aromatic heterocycles. The second-order valence-corrected chi connectivity index (χ2v) is 5.32. The Balaban J connectivity index is 1.92. The fraction of sp³-hybridized carbons (Fsp3) is 0.200. The number of hydrogen-bond acceptors (Lipinski definition) is 4. The number of halogens is 1. The van der Waals surface area contributed by atoms with E-state index in [-0.39, 0.29) is 5.78 Å². The second kappa shape index (κ2) is 5.63. The fourth-order valence-corrected chi connectivity index (χ4v) is 2.20. The van der Waals surface area contributed by atoms with E-state index in [0.717, 1.165) is 10.9 Å². The molecule has 1 aliphatic heterocycles. The number of aromatic nitrogens is 1. The number of nitrogens with zero attached hydrogens (tertiary/aromatic N) is 1. The summed E-state index contributed by atoms with van der Waals surface area (Å²) in [5.74, 6) is 1.17. The van der Waals surface area contributed by atoms with E-state index in [0.29, 0.717) is 36.0 Å². The van der Waals surface area contributed by atoms with E-state index in [9.17, 15) is 4.79 Å². The molecule has 20 heavy (non-hydrogen) atoms. The van der Waals surface area contributed by atoms with Crippen LogP contribution in [0.2, 0.25) is 0 Å². The lowest BCUT2D eigenvalue weighted by atomic mass is 10.1. The van der Waals surface area contributed by atoms with Crippen molar-refractivity contribution in [2.24, 2.45) is 0 Å². The zero-order valence-corrected chi connectivity index (χ0v) is 12.2. The van der Waals surface area contributed by atoms with Crippen LogP contribution in [0.5, 0.6) is 11.5 Å². The van der Waals surface area contributed by atoms with Gasteiger partial charge in [-0.05, 0) is 46.3 Å². The monoisotopic (exact) mass is 333 g/mol. The molecule has 0 N–H and O–H groups in total. The summed E-state index contributed by atoms with van der Waals surface area (Å²) >= 11 is 3.30. The Kier molecular flexibility index (Phi) is 3.69. The maximum Gasteiger partial charge on any atom is 0.211 e. The molecular weight excluding hydrogens is 322 g/mol. The molecular formula is C15H12BrNO3. The van der Waals surface area contributed by atoms with E-state index in [1.54, 1.807) is 36.5 Å². The molecule has 2 aromatic rings. The Hall–Kier alpha value is -1.88. The zero-order chi connectivity index (χ0) is 13.9. The minimum atomic E-state index is -0.131. The third kappa shape index (κ3) is 2.67. The molecule has 1 aliphatic rings. The molecule has 0 spiro atoms. The first-order valence-corrected chi connectivity index (χ1v) is 7.09. The highest BCUT2D eigenvalue weighted by Crippen LogP contribution is 2.31. The van der Waals surface area contributed by atoms with E-state index in [1.165, 1.54) is 0 Å². The van der Waals surface area contributed by atoms with Crippen molar-refractivity contribution in [3.63, 3.8) is 0 Å². The van der Waals surface area contributed by atoms with Crippen LogP contribution < -0.4 is 9.47 Å². The standard InChI is InChI=1S/C15H12BrNO3/c16-11-3-4-12(17-9-11)15(18)10-2-5-13-14(8-10)20-7-1-6-19-13/h2-5,8-9H,1,6-7H2. The Morgan fingerprint density at radius 3 is 2.65 bits per heavy atom. The predicted octanol–water partition coefficient (Wildman–Crippen LogP) is 3.24. The summed E-state index contributed by atoms with van der Waals surface area (Å²) < 4.78 is 12.0. The van der Waals surface area contributed by atoms with Gasteiger partial charge in [0, 0.05) is 22.7 Å². The minimum absolute atomic E-state index is 0.131. The Labute approximate surface area is 124 Å². The molecule has 0 fully saturated rings. The van der Waals surface area contributed by atoms with Crippen LogP contribution in [0.15, 0.2) is 41.0 Å². The van der Waals surface area contributed by atoms with Crippen LogP contribution in [-0.2, 0) is 0 Å². The Morgan fingerprint density at radius 2 is 1.90 bits per heavy atom. The predicted molar refractivity (Wildman–Crippen MR) is 77.4 cm³/mol. The van der Waals surface area contributed by atoms with Gasteiger partial charge in [0.05, 0.1) is 13.2 Å². The van der Waals surface area contributed by atoms with E-state index >= 15 is 0 Å². The molecule has 0 saturated heterocycles. The van der Waals surface area contributed by atoms with Gasteiger partial charge in [-0.3, -0.25) is 9.78 Å². The molecule has 1 aromatic carbocycles. The molecule has 0 bridgehead atoms. The maximum absolute atomic E-state index is 12.4. The molecule has 2 heterocycles. The summed E-state index contributed by atoms with van der Waals surface area (Å²) in [4.78, 5) is 16.5. The maximum atomic E-state index is 12.4. The first-order valence-electron chi connectivity index (χ1n) is 6.30. The van der Waals surface area contributed by atoms with Gasteiger partial charge in [-0.1, -0.05) is 0 Å². The summed E-state index contributed by atoms with van der Waals surface area (Å²) in [5, 5.41) is 0. The van der Waals surface area contributed by atoms with Crippen molar-refractivity contribution in [2.75, 3.05) is 13.2 Å². The van der Waals surface area contributed by atoms with Gasteiger partial charge in [-0.15, -0.1) is 0 Å². The van der Waals surface area contributed by atoms with Gasteiger partial charge < -0.3 is 9.47 Å². The number of ketones is 1. The van der Waals surface area contributed by atoms with Crippen molar-refractivity contribution in [2.45, 2.75) is 6.42 Å². The zero-order valence-electron chi connectivity index (χ0n) is 10.6. The summed E-state index contributed by atoms with van der Waals surface area (Å²) in [6.45, 7) is 1.23. The van der Waals surface area contributed by atoms with Crippen LogP contribution in [-0.4, -0.2) is 24.0 Å². The molecule has 4 nitrogen and oxygen atoms in total. The number of rotatable bonds is 2. The van der Waals surface area contributed by atoms with Crippen LogP contribution >= 0.6 is 15.9 Å².